The highest BCUT2D eigenvalue weighted by atomic mass is 32.1. The van der Waals surface area contributed by atoms with Crippen molar-refractivity contribution >= 4 is 34.0 Å². The van der Waals surface area contributed by atoms with E-state index >= 15 is 0 Å². The Labute approximate surface area is 154 Å². The van der Waals surface area contributed by atoms with E-state index in [0.717, 1.165) is 16.5 Å². The Morgan fingerprint density at radius 2 is 2.00 bits per heavy atom. The highest BCUT2D eigenvalue weighted by molar-refractivity contribution is 7.08. The van der Waals surface area contributed by atoms with Crippen LogP contribution in [0.3, 0.4) is 0 Å². The number of thiophene rings is 1. The average molecular weight is 363 g/mol. The second-order valence-electron chi connectivity index (χ2n) is 5.91. The molecule has 26 heavy (non-hydrogen) atoms. The molecule has 2 heterocycles. The number of amides is 1. The van der Waals surface area contributed by atoms with Gasteiger partial charge in [0, 0.05) is 5.39 Å². The van der Waals surface area contributed by atoms with Crippen molar-refractivity contribution in [2.75, 3.05) is 5.32 Å². The van der Waals surface area contributed by atoms with Gasteiger partial charge in [-0.05, 0) is 59.1 Å². The lowest BCUT2D eigenvalue weighted by Gasteiger charge is -2.13. The summed E-state index contributed by atoms with van der Waals surface area (Å²) in [7, 11) is 0. The maximum atomic E-state index is 12.4. The summed E-state index contributed by atoms with van der Waals surface area (Å²) in [5.74, 6) is 0.914. The number of H-pyrrole nitrogens is 1. The van der Waals surface area contributed by atoms with E-state index in [1.807, 2.05) is 53.9 Å². The number of aromatic nitrogens is 2. The molecular formula is C20H17N3O2S. The number of aromatic amines is 1. The van der Waals surface area contributed by atoms with Crippen molar-refractivity contribution in [2.45, 2.75) is 13.0 Å². The van der Waals surface area contributed by atoms with Gasteiger partial charge in [-0.25, -0.2) is 0 Å². The van der Waals surface area contributed by atoms with Gasteiger partial charge in [-0.2, -0.15) is 16.4 Å². The number of hydrogen-bond acceptors (Lipinski definition) is 4. The smallest absolute Gasteiger partial charge is 0.266 e. The number of carbonyl (C=O) groups excluding carboxylic acids is 1. The van der Waals surface area contributed by atoms with Crippen molar-refractivity contribution in [3.8, 4) is 16.9 Å². The fourth-order valence-corrected chi connectivity index (χ4v) is 3.36. The first-order valence-electron chi connectivity index (χ1n) is 8.24. The molecule has 0 bridgehead atoms. The third-order valence-electron chi connectivity index (χ3n) is 4.08. The maximum Gasteiger partial charge on any atom is 0.266 e. The van der Waals surface area contributed by atoms with Gasteiger partial charge in [0.1, 0.15) is 5.75 Å². The van der Waals surface area contributed by atoms with Gasteiger partial charge in [0.05, 0.1) is 5.52 Å². The van der Waals surface area contributed by atoms with E-state index in [9.17, 15) is 4.79 Å². The first-order valence-corrected chi connectivity index (χ1v) is 9.18. The molecule has 1 amide bonds. The van der Waals surface area contributed by atoms with Gasteiger partial charge >= 0.3 is 0 Å². The number of nitrogens with one attached hydrogen (secondary N) is 2. The number of rotatable bonds is 5. The zero-order chi connectivity index (χ0) is 17.9. The molecule has 0 radical (unpaired) electrons. The molecule has 6 heteroatoms. The van der Waals surface area contributed by atoms with Crippen LogP contribution >= 0.6 is 11.3 Å². The van der Waals surface area contributed by atoms with E-state index in [1.165, 1.54) is 5.56 Å². The average Bonchev–Trinajstić information content (AvgIpc) is 3.32. The highest BCUT2D eigenvalue weighted by Crippen LogP contribution is 2.28. The number of carbonyl (C=O) groups is 1. The summed E-state index contributed by atoms with van der Waals surface area (Å²) < 4.78 is 5.66. The summed E-state index contributed by atoms with van der Waals surface area (Å²) in [5.41, 5.74) is 3.16. The molecule has 1 unspecified atom stereocenters. The first-order chi connectivity index (χ1) is 12.7. The summed E-state index contributed by atoms with van der Waals surface area (Å²) in [5, 5.41) is 15.1. The molecule has 0 saturated carbocycles. The lowest BCUT2D eigenvalue weighted by Crippen LogP contribution is -2.30. The lowest BCUT2D eigenvalue weighted by molar-refractivity contribution is -0.122. The Morgan fingerprint density at radius 1 is 1.15 bits per heavy atom. The Bertz CT molecular complexity index is 1030. The molecule has 0 aliphatic heterocycles. The van der Waals surface area contributed by atoms with Crippen molar-refractivity contribution < 1.29 is 9.53 Å². The minimum atomic E-state index is -0.630. The number of fused-ring (bicyclic) bond motifs is 1. The van der Waals surface area contributed by atoms with Crippen LogP contribution in [-0.4, -0.2) is 22.2 Å². The standard InChI is InChI=1S/C20H17N3O2S/c1-13(25-16-5-3-2-4-6-16)20(24)21-19-17-8-7-14(11-18(17)22-23-19)15-9-10-26-12-15/h2-13H,1H3,(H2,21,22,23,24). The quantitative estimate of drug-likeness (QED) is 0.540. The van der Waals surface area contributed by atoms with Gasteiger partial charge in [0.25, 0.3) is 5.91 Å². The minimum Gasteiger partial charge on any atom is -0.481 e. The van der Waals surface area contributed by atoms with Gasteiger partial charge in [-0.3, -0.25) is 9.89 Å². The molecule has 2 N–H and O–H groups in total. The van der Waals surface area contributed by atoms with Crippen molar-refractivity contribution in [3.63, 3.8) is 0 Å². The molecule has 4 aromatic rings. The summed E-state index contributed by atoms with van der Waals surface area (Å²) in [6.45, 7) is 1.71. The molecule has 0 spiro atoms. The maximum absolute atomic E-state index is 12.4. The predicted molar refractivity (Wildman–Crippen MR) is 105 cm³/mol. The second-order valence-corrected chi connectivity index (χ2v) is 6.69. The van der Waals surface area contributed by atoms with Crippen LogP contribution in [0.2, 0.25) is 0 Å². The largest absolute Gasteiger partial charge is 0.481 e. The van der Waals surface area contributed by atoms with Crippen molar-refractivity contribution in [1.29, 1.82) is 0 Å². The van der Waals surface area contributed by atoms with Crippen LogP contribution in [0.4, 0.5) is 5.82 Å². The van der Waals surface area contributed by atoms with Crippen LogP contribution in [0.1, 0.15) is 6.92 Å². The van der Waals surface area contributed by atoms with Crippen LogP contribution in [0, 0.1) is 0 Å². The molecule has 0 aliphatic rings. The molecule has 0 saturated heterocycles. The summed E-state index contributed by atoms with van der Waals surface area (Å²) in [6.07, 6.45) is -0.630. The minimum absolute atomic E-state index is 0.246. The van der Waals surface area contributed by atoms with Crippen LogP contribution < -0.4 is 10.1 Å². The number of hydrogen-bond donors (Lipinski definition) is 2. The zero-order valence-corrected chi connectivity index (χ0v) is 14.9. The Morgan fingerprint density at radius 3 is 2.77 bits per heavy atom. The van der Waals surface area contributed by atoms with Gasteiger partial charge in [0.2, 0.25) is 0 Å². The number of ether oxygens (including phenoxy) is 1. The Kier molecular flexibility index (Phi) is 4.41. The topological polar surface area (TPSA) is 67.0 Å². The predicted octanol–water partition coefficient (Wildman–Crippen LogP) is 4.70. The summed E-state index contributed by atoms with van der Waals surface area (Å²) >= 11 is 1.66. The Balaban J connectivity index is 1.51. The van der Waals surface area contributed by atoms with Crippen molar-refractivity contribution in [1.82, 2.24) is 10.2 Å². The molecule has 0 aliphatic carbocycles. The van der Waals surface area contributed by atoms with E-state index < -0.39 is 6.10 Å². The monoisotopic (exact) mass is 363 g/mol. The summed E-state index contributed by atoms with van der Waals surface area (Å²) in [6, 6.07) is 17.4. The normalized spacial score (nSPS) is 12.0. The van der Waals surface area contributed by atoms with Gasteiger partial charge in [0.15, 0.2) is 11.9 Å². The molecule has 4 rings (SSSR count). The van der Waals surface area contributed by atoms with E-state index in [2.05, 4.69) is 27.0 Å². The fraction of sp³-hybridized carbons (Fsp3) is 0.100. The van der Waals surface area contributed by atoms with Crippen LogP contribution in [-0.2, 0) is 4.79 Å². The van der Waals surface area contributed by atoms with Gasteiger partial charge in [-0.15, -0.1) is 0 Å². The number of nitrogens with zero attached hydrogens (tertiary/aromatic N) is 1. The molecule has 0 fully saturated rings. The molecule has 2 aromatic heterocycles. The van der Waals surface area contributed by atoms with Crippen LogP contribution in [0.15, 0.2) is 65.4 Å². The summed E-state index contributed by atoms with van der Waals surface area (Å²) in [4.78, 5) is 12.4. The molecule has 1 atom stereocenters. The first kappa shape index (κ1) is 16.4. The van der Waals surface area contributed by atoms with Gasteiger partial charge < -0.3 is 10.1 Å². The third kappa shape index (κ3) is 3.32. The molecule has 130 valence electrons. The SMILES string of the molecule is CC(Oc1ccccc1)C(=O)Nc1n[nH]c2cc(-c3ccsc3)ccc12. The second kappa shape index (κ2) is 7.01. The highest BCUT2D eigenvalue weighted by Gasteiger charge is 2.17. The van der Waals surface area contributed by atoms with E-state index in [4.69, 9.17) is 4.74 Å². The molecular weight excluding hydrogens is 346 g/mol. The van der Waals surface area contributed by atoms with E-state index in [-0.39, 0.29) is 5.91 Å². The number of benzene rings is 2. The van der Waals surface area contributed by atoms with E-state index in [1.54, 1.807) is 18.3 Å². The third-order valence-corrected chi connectivity index (χ3v) is 4.77. The van der Waals surface area contributed by atoms with Crippen molar-refractivity contribution in [2.24, 2.45) is 0 Å². The Hall–Kier alpha value is -3.12. The molecule has 5 nitrogen and oxygen atoms in total. The van der Waals surface area contributed by atoms with Gasteiger partial charge in [-0.1, -0.05) is 24.3 Å². The zero-order valence-electron chi connectivity index (χ0n) is 14.1. The van der Waals surface area contributed by atoms with E-state index in [0.29, 0.717) is 11.6 Å². The van der Waals surface area contributed by atoms with Crippen LogP contribution in [0.25, 0.3) is 22.0 Å². The lowest BCUT2D eigenvalue weighted by atomic mass is 10.1. The number of anilines is 1. The van der Waals surface area contributed by atoms with Crippen LogP contribution in [0.5, 0.6) is 5.75 Å². The number of para-hydroxylation sites is 1. The molecule has 2 aromatic carbocycles. The fourth-order valence-electron chi connectivity index (χ4n) is 2.70. The van der Waals surface area contributed by atoms with Crippen molar-refractivity contribution in [3.05, 3.63) is 65.4 Å².